The number of hydrogen-bond donors (Lipinski definition) is 2. The summed E-state index contributed by atoms with van der Waals surface area (Å²) in [5, 5.41) is 16.6. The van der Waals surface area contributed by atoms with Gasteiger partial charge in [-0.2, -0.15) is 4.68 Å². The minimum atomic E-state index is -1.25. The smallest absolute Gasteiger partial charge is 0.338 e. The number of methoxy groups -OCH3 is 1. The molecule has 0 fully saturated rings. The molecule has 0 saturated carbocycles. The molecule has 1 atom stereocenters. The topological polar surface area (TPSA) is 154 Å². The summed E-state index contributed by atoms with van der Waals surface area (Å²) in [5.41, 5.74) is 1.09. The van der Waals surface area contributed by atoms with Crippen molar-refractivity contribution < 1.29 is 28.7 Å². The fourth-order valence-corrected chi connectivity index (χ4v) is 3.42. The first-order valence-corrected chi connectivity index (χ1v) is 12.1. The van der Waals surface area contributed by atoms with Crippen molar-refractivity contribution >= 4 is 47.1 Å². The zero-order valence-electron chi connectivity index (χ0n) is 21.7. The lowest BCUT2D eigenvalue weighted by Gasteiger charge is -2.19. The summed E-state index contributed by atoms with van der Waals surface area (Å²) < 4.78 is 11.4. The zero-order chi connectivity index (χ0) is 28.6. The summed E-state index contributed by atoms with van der Waals surface area (Å²) in [6.45, 7) is 5.27. The number of carbonyl (C=O) groups excluding carboxylic acids is 4. The maximum absolute atomic E-state index is 12.9. The number of rotatable bonds is 9. The summed E-state index contributed by atoms with van der Waals surface area (Å²) in [4.78, 5) is 49.8. The predicted octanol–water partition coefficient (Wildman–Crippen LogP) is 2.97. The van der Waals surface area contributed by atoms with Gasteiger partial charge in [-0.05, 0) is 79.7 Å². The van der Waals surface area contributed by atoms with Gasteiger partial charge in [-0.3, -0.25) is 14.4 Å². The second kappa shape index (κ2) is 12.8. The number of benzene rings is 2. The van der Waals surface area contributed by atoms with E-state index in [9.17, 15) is 19.2 Å². The molecule has 0 bridgehead atoms. The Bertz CT molecular complexity index is 1370. The normalized spacial score (nSPS) is 12.0. The number of carbonyl (C=O) groups is 4. The molecule has 0 aliphatic carbocycles. The lowest BCUT2D eigenvalue weighted by atomic mass is 10.1. The second-order valence-corrected chi connectivity index (χ2v) is 9.64. The molecule has 2 amide bonds. The van der Waals surface area contributed by atoms with Gasteiger partial charge in [0.2, 0.25) is 11.8 Å². The number of esters is 2. The molecule has 0 aliphatic heterocycles. The molecule has 0 unspecified atom stereocenters. The molecule has 1 heterocycles. The Hall–Kier alpha value is -4.58. The van der Waals surface area contributed by atoms with Crippen LogP contribution in [0.2, 0.25) is 5.02 Å². The number of hydrogen-bond acceptors (Lipinski definition) is 9. The van der Waals surface area contributed by atoms with E-state index >= 15 is 0 Å². The SMILES string of the molecule is COC(=O)C[C@H](NC(=O)C=Cc1cc(Cl)ccc1-n1cnnn1)C(=O)Nc1ccc(C(=O)OC(C)(C)C)cc1. The highest BCUT2D eigenvalue weighted by Gasteiger charge is 2.24. The van der Waals surface area contributed by atoms with E-state index in [1.165, 1.54) is 54.5 Å². The van der Waals surface area contributed by atoms with Crippen molar-refractivity contribution in [3.63, 3.8) is 0 Å². The lowest BCUT2D eigenvalue weighted by Crippen LogP contribution is -2.44. The fourth-order valence-electron chi connectivity index (χ4n) is 3.24. The van der Waals surface area contributed by atoms with Crippen molar-refractivity contribution in [3.05, 3.63) is 71.0 Å². The minimum Gasteiger partial charge on any atom is -0.469 e. The van der Waals surface area contributed by atoms with Gasteiger partial charge in [0, 0.05) is 22.3 Å². The highest BCUT2D eigenvalue weighted by molar-refractivity contribution is 6.30. The van der Waals surface area contributed by atoms with E-state index in [1.54, 1.807) is 39.0 Å². The van der Waals surface area contributed by atoms with Gasteiger partial charge in [-0.25, -0.2) is 4.79 Å². The quantitative estimate of drug-likeness (QED) is 0.300. The van der Waals surface area contributed by atoms with Gasteiger partial charge in [0.15, 0.2) is 0 Å². The zero-order valence-corrected chi connectivity index (χ0v) is 22.4. The Morgan fingerprint density at radius 2 is 1.82 bits per heavy atom. The van der Waals surface area contributed by atoms with Gasteiger partial charge in [-0.15, -0.1) is 5.10 Å². The summed E-state index contributed by atoms with van der Waals surface area (Å²) in [5.74, 6) is -2.52. The van der Waals surface area contributed by atoms with E-state index in [1.807, 2.05) is 0 Å². The van der Waals surface area contributed by atoms with Crippen LogP contribution in [0.3, 0.4) is 0 Å². The van der Waals surface area contributed by atoms with Gasteiger partial charge in [0.05, 0.1) is 24.8 Å². The monoisotopic (exact) mass is 554 g/mol. The van der Waals surface area contributed by atoms with Crippen molar-refractivity contribution in [1.82, 2.24) is 25.5 Å². The maximum Gasteiger partial charge on any atom is 0.338 e. The summed E-state index contributed by atoms with van der Waals surface area (Å²) >= 11 is 6.10. The number of aromatic nitrogens is 4. The van der Waals surface area contributed by atoms with Crippen molar-refractivity contribution in [1.29, 1.82) is 0 Å². The molecule has 2 aromatic carbocycles. The molecular weight excluding hydrogens is 528 g/mol. The molecule has 0 saturated heterocycles. The molecule has 2 N–H and O–H groups in total. The van der Waals surface area contributed by atoms with E-state index in [0.717, 1.165) is 0 Å². The summed E-state index contributed by atoms with van der Waals surface area (Å²) in [6.07, 6.45) is 3.63. The third-order valence-electron chi connectivity index (χ3n) is 5.02. The molecule has 204 valence electrons. The number of ether oxygens (including phenoxy) is 2. The van der Waals surface area contributed by atoms with Crippen LogP contribution >= 0.6 is 11.6 Å². The predicted molar refractivity (Wildman–Crippen MR) is 142 cm³/mol. The van der Waals surface area contributed by atoms with Crippen LogP contribution in [-0.4, -0.2) is 62.7 Å². The molecule has 0 aliphatic rings. The van der Waals surface area contributed by atoms with E-state index in [0.29, 0.717) is 27.5 Å². The fraction of sp³-hybridized carbons (Fsp3) is 0.269. The molecule has 12 nitrogen and oxygen atoms in total. The molecule has 1 aromatic heterocycles. The Morgan fingerprint density at radius 1 is 1.10 bits per heavy atom. The third kappa shape index (κ3) is 8.75. The first-order valence-electron chi connectivity index (χ1n) is 11.7. The molecule has 0 radical (unpaired) electrons. The van der Waals surface area contributed by atoms with Crippen molar-refractivity contribution in [2.24, 2.45) is 0 Å². The van der Waals surface area contributed by atoms with E-state index < -0.39 is 41.8 Å². The summed E-state index contributed by atoms with van der Waals surface area (Å²) in [7, 11) is 1.17. The van der Waals surface area contributed by atoms with E-state index in [4.69, 9.17) is 16.3 Å². The Morgan fingerprint density at radius 3 is 2.44 bits per heavy atom. The highest BCUT2D eigenvalue weighted by atomic mass is 35.5. The molecule has 0 spiro atoms. The van der Waals surface area contributed by atoms with Crippen molar-refractivity contribution in [3.8, 4) is 5.69 Å². The van der Waals surface area contributed by atoms with E-state index in [2.05, 4.69) is 30.9 Å². The Kier molecular flexibility index (Phi) is 9.50. The average Bonchev–Trinajstić information content (AvgIpc) is 3.41. The van der Waals surface area contributed by atoms with Gasteiger partial charge < -0.3 is 20.1 Å². The second-order valence-electron chi connectivity index (χ2n) is 9.20. The Balaban J connectivity index is 1.71. The highest BCUT2D eigenvalue weighted by Crippen LogP contribution is 2.20. The molecule has 3 aromatic rings. The first-order chi connectivity index (χ1) is 18.4. The van der Waals surface area contributed by atoms with Crippen LogP contribution in [0, 0.1) is 0 Å². The average molecular weight is 555 g/mol. The molecular formula is C26H27ClN6O6. The van der Waals surface area contributed by atoms with Gasteiger partial charge in [0.25, 0.3) is 0 Å². The minimum absolute atomic E-state index is 0.300. The van der Waals surface area contributed by atoms with Crippen LogP contribution in [0.1, 0.15) is 43.1 Å². The van der Waals surface area contributed by atoms with Gasteiger partial charge >= 0.3 is 11.9 Å². The van der Waals surface area contributed by atoms with Crippen molar-refractivity contribution in [2.45, 2.75) is 38.8 Å². The number of nitrogens with one attached hydrogen (secondary N) is 2. The van der Waals surface area contributed by atoms with Crippen LogP contribution in [0.4, 0.5) is 5.69 Å². The van der Waals surface area contributed by atoms with Crippen LogP contribution < -0.4 is 10.6 Å². The number of amides is 2. The van der Waals surface area contributed by atoms with E-state index in [-0.39, 0.29) is 0 Å². The number of tetrazole rings is 1. The van der Waals surface area contributed by atoms with Gasteiger partial charge in [-0.1, -0.05) is 11.6 Å². The lowest BCUT2D eigenvalue weighted by molar-refractivity contribution is -0.142. The van der Waals surface area contributed by atoms with Crippen LogP contribution in [0.15, 0.2) is 54.9 Å². The number of nitrogens with zero attached hydrogens (tertiary/aromatic N) is 4. The molecule has 39 heavy (non-hydrogen) atoms. The van der Waals surface area contributed by atoms with Crippen molar-refractivity contribution in [2.75, 3.05) is 12.4 Å². The first kappa shape index (κ1) is 29.0. The van der Waals surface area contributed by atoms with Crippen LogP contribution in [0.5, 0.6) is 0 Å². The van der Waals surface area contributed by atoms with Gasteiger partial charge in [0.1, 0.15) is 18.0 Å². The molecule has 13 heteroatoms. The standard InChI is InChI=1S/C26H27ClN6O6/c1-26(2,3)39-25(37)16-5-9-19(10-6-16)29-24(36)20(14-23(35)38-4)30-22(34)12-7-17-13-18(27)8-11-21(17)33-15-28-31-32-33/h5-13,15,20H,14H2,1-4H3,(H,29,36)(H,30,34)/t20-/m0/s1. The number of halogens is 1. The maximum atomic E-state index is 12.9. The number of anilines is 1. The third-order valence-corrected chi connectivity index (χ3v) is 5.25. The Labute approximate surface area is 229 Å². The summed E-state index contributed by atoms with van der Waals surface area (Å²) in [6, 6.07) is 9.69. The largest absolute Gasteiger partial charge is 0.469 e. The van der Waals surface area contributed by atoms with Crippen LogP contribution in [-0.2, 0) is 23.9 Å². The van der Waals surface area contributed by atoms with Crippen LogP contribution in [0.25, 0.3) is 11.8 Å². The molecule has 3 rings (SSSR count).